The van der Waals surface area contributed by atoms with Crippen LogP contribution in [0.25, 0.3) is 0 Å². The SMILES string of the molecule is Cc1ccc(C(=O)N2C3C=CCC2CC3)cc1F. The van der Waals surface area contributed by atoms with E-state index in [4.69, 9.17) is 0 Å². The summed E-state index contributed by atoms with van der Waals surface area (Å²) in [5, 5.41) is 0. The number of benzene rings is 1. The van der Waals surface area contributed by atoms with Crippen molar-refractivity contribution in [2.24, 2.45) is 0 Å². The van der Waals surface area contributed by atoms with Crippen molar-refractivity contribution < 1.29 is 9.18 Å². The molecule has 0 aromatic heterocycles. The van der Waals surface area contributed by atoms with Crippen molar-refractivity contribution in [3.63, 3.8) is 0 Å². The molecule has 0 radical (unpaired) electrons. The van der Waals surface area contributed by atoms with Gasteiger partial charge in [-0.1, -0.05) is 18.2 Å². The molecule has 0 N–H and O–H groups in total. The summed E-state index contributed by atoms with van der Waals surface area (Å²) in [5.74, 6) is -0.341. The van der Waals surface area contributed by atoms with Crippen LogP contribution in [0, 0.1) is 12.7 Å². The zero-order valence-corrected chi connectivity index (χ0v) is 10.4. The maximum absolute atomic E-state index is 13.5. The summed E-state index contributed by atoms with van der Waals surface area (Å²) >= 11 is 0. The van der Waals surface area contributed by atoms with Gasteiger partial charge in [-0.2, -0.15) is 0 Å². The molecular formula is C15H16FNO. The molecular weight excluding hydrogens is 229 g/mol. The van der Waals surface area contributed by atoms with Crippen molar-refractivity contribution in [3.05, 3.63) is 47.3 Å². The normalized spacial score (nSPS) is 25.6. The first-order chi connectivity index (χ1) is 8.66. The summed E-state index contributed by atoms with van der Waals surface area (Å²) in [6.07, 6.45) is 7.27. The molecule has 1 amide bonds. The van der Waals surface area contributed by atoms with Gasteiger partial charge in [-0.15, -0.1) is 0 Å². The van der Waals surface area contributed by atoms with Crippen molar-refractivity contribution in [1.29, 1.82) is 0 Å². The van der Waals surface area contributed by atoms with Crippen LogP contribution in [-0.4, -0.2) is 22.9 Å². The number of carbonyl (C=O) groups is 1. The molecule has 1 aromatic rings. The van der Waals surface area contributed by atoms with Gasteiger partial charge in [-0.3, -0.25) is 4.79 Å². The minimum absolute atomic E-state index is 0.0363. The molecule has 18 heavy (non-hydrogen) atoms. The molecule has 94 valence electrons. The van der Waals surface area contributed by atoms with E-state index in [-0.39, 0.29) is 17.8 Å². The second kappa shape index (κ2) is 4.23. The molecule has 2 unspecified atom stereocenters. The number of aryl methyl sites for hydroxylation is 1. The standard InChI is InChI=1S/C15H16FNO/c1-10-5-6-11(9-14(10)16)15(18)17-12-3-2-4-13(17)8-7-12/h2-3,5-6,9,12-13H,4,7-8H2,1H3. The first kappa shape index (κ1) is 11.5. The summed E-state index contributed by atoms with van der Waals surface area (Å²) in [5.41, 5.74) is 1.04. The molecule has 2 aliphatic heterocycles. The summed E-state index contributed by atoms with van der Waals surface area (Å²) in [6, 6.07) is 5.26. The number of carbonyl (C=O) groups excluding carboxylic acids is 1. The van der Waals surface area contributed by atoms with Gasteiger partial charge in [0.25, 0.3) is 5.91 Å². The number of rotatable bonds is 1. The molecule has 3 rings (SSSR count). The number of hydrogen-bond donors (Lipinski definition) is 0. The minimum Gasteiger partial charge on any atom is -0.329 e. The van der Waals surface area contributed by atoms with Gasteiger partial charge in [0, 0.05) is 11.6 Å². The van der Waals surface area contributed by atoms with Gasteiger partial charge in [-0.05, 0) is 43.9 Å². The highest BCUT2D eigenvalue weighted by atomic mass is 19.1. The van der Waals surface area contributed by atoms with Crippen LogP contribution in [0.15, 0.2) is 30.4 Å². The predicted molar refractivity (Wildman–Crippen MR) is 67.9 cm³/mol. The third-order valence-electron chi connectivity index (χ3n) is 3.97. The topological polar surface area (TPSA) is 20.3 Å². The zero-order chi connectivity index (χ0) is 12.7. The highest BCUT2D eigenvalue weighted by Gasteiger charge is 2.37. The predicted octanol–water partition coefficient (Wildman–Crippen LogP) is 3.07. The molecule has 1 aromatic carbocycles. The molecule has 2 nitrogen and oxygen atoms in total. The molecule has 0 aliphatic carbocycles. The zero-order valence-electron chi connectivity index (χ0n) is 10.4. The first-order valence-electron chi connectivity index (χ1n) is 6.42. The van der Waals surface area contributed by atoms with Crippen LogP contribution in [0.5, 0.6) is 0 Å². The molecule has 2 heterocycles. The van der Waals surface area contributed by atoms with Crippen LogP contribution in [0.1, 0.15) is 35.2 Å². The molecule has 0 spiro atoms. The smallest absolute Gasteiger partial charge is 0.254 e. The van der Waals surface area contributed by atoms with E-state index in [1.165, 1.54) is 6.07 Å². The summed E-state index contributed by atoms with van der Waals surface area (Å²) in [7, 11) is 0. The maximum atomic E-state index is 13.5. The van der Waals surface area contributed by atoms with E-state index in [9.17, 15) is 9.18 Å². The van der Waals surface area contributed by atoms with Crippen LogP contribution >= 0.6 is 0 Å². The van der Waals surface area contributed by atoms with Crippen molar-refractivity contribution in [2.75, 3.05) is 0 Å². The van der Waals surface area contributed by atoms with Crippen molar-refractivity contribution >= 4 is 5.91 Å². The number of nitrogens with zero attached hydrogens (tertiary/aromatic N) is 1. The third kappa shape index (κ3) is 1.74. The third-order valence-corrected chi connectivity index (χ3v) is 3.97. The summed E-state index contributed by atoms with van der Waals surface area (Å²) in [4.78, 5) is 14.4. The average Bonchev–Trinajstić information content (AvgIpc) is 2.61. The Hall–Kier alpha value is -1.64. The Morgan fingerprint density at radius 1 is 1.39 bits per heavy atom. The largest absolute Gasteiger partial charge is 0.329 e. The minimum atomic E-state index is -0.305. The van der Waals surface area contributed by atoms with Crippen LogP contribution in [0.2, 0.25) is 0 Å². The van der Waals surface area contributed by atoms with E-state index < -0.39 is 0 Å². The molecule has 3 heteroatoms. The molecule has 1 fully saturated rings. The van der Waals surface area contributed by atoms with Gasteiger partial charge in [0.2, 0.25) is 0 Å². The van der Waals surface area contributed by atoms with E-state index in [2.05, 4.69) is 12.2 Å². The van der Waals surface area contributed by atoms with Crippen LogP contribution in [-0.2, 0) is 0 Å². The van der Waals surface area contributed by atoms with E-state index in [1.807, 2.05) is 4.90 Å². The maximum Gasteiger partial charge on any atom is 0.254 e. The van der Waals surface area contributed by atoms with Crippen LogP contribution < -0.4 is 0 Å². The van der Waals surface area contributed by atoms with Crippen molar-refractivity contribution in [2.45, 2.75) is 38.3 Å². The quantitative estimate of drug-likeness (QED) is 0.696. The van der Waals surface area contributed by atoms with Gasteiger partial charge in [-0.25, -0.2) is 4.39 Å². The van der Waals surface area contributed by atoms with Gasteiger partial charge in [0.1, 0.15) is 5.82 Å². The fourth-order valence-electron chi connectivity index (χ4n) is 2.92. The highest BCUT2D eigenvalue weighted by molar-refractivity contribution is 5.95. The van der Waals surface area contributed by atoms with E-state index >= 15 is 0 Å². The van der Waals surface area contributed by atoms with Gasteiger partial charge in [0.15, 0.2) is 0 Å². The first-order valence-corrected chi connectivity index (χ1v) is 6.42. The lowest BCUT2D eigenvalue weighted by Crippen LogP contribution is -2.42. The lowest BCUT2D eigenvalue weighted by molar-refractivity contribution is 0.0688. The Bertz CT molecular complexity index is 523. The van der Waals surface area contributed by atoms with Crippen LogP contribution in [0.4, 0.5) is 4.39 Å². The number of amides is 1. The molecule has 2 atom stereocenters. The molecule has 1 saturated heterocycles. The second-order valence-corrected chi connectivity index (χ2v) is 5.14. The summed E-state index contributed by atoms with van der Waals surface area (Å²) < 4.78 is 13.5. The van der Waals surface area contributed by atoms with Gasteiger partial charge < -0.3 is 4.90 Å². The lowest BCUT2D eigenvalue weighted by Gasteiger charge is -2.31. The monoisotopic (exact) mass is 245 g/mol. The average molecular weight is 245 g/mol. The summed E-state index contributed by atoms with van der Waals surface area (Å²) in [6.45, 7) is 1.71. The molecule has 2 aliphatic rings. The van der Waals surface area contributed by atoms with Crippen LogP contribution in [0.3, 0.4) is 0 Å². The molecule has 0 saturated carbocycles. The Morgan fingerprint density at radius 2 is 2.22 bits per heavy atom. The Balaban J connectivity index is 1.91. The Labute approximate surface area is 106 Å². The Morgan fingerprint density at radius 3 is 2.94 bits per heavy atom. The van der Waals surface area contributed by atoms with Gasteiger partial charge >= 0.3 is 0 Å². The van der Waals surface area contributed by atoms with E-state index in [0.717, 1.165) is 19.3 Å². The van der Waals surface area contributed by atoms with E-state index in [1.54, 1.807) is 19.1 Å². The van der Waals surface area contributed by atoms with E-state index in [0.29, 0.717) is 17.2 Å². The molecule has 2 bridgehead atoms. The lowest BCUT2D eigenvalue weighted by atomic mass is 10.1. The Kier molecular flexibility index (Phi) is 2.69. The van der Waals surface area contributed by atoms with Crippen molar-refractivity contribution in [1.82, 2.24) is 4.90 Å². The number of fused-ring (bicyclic) bond motifs is 2. The second-order valence-electron chi connectivity index (χ2n) is 5.14. The number of halogens is 1. The number of hydrogen-bond acceptors (Lipinski definition) is 1. The fraction of sp³-hybridized carbons (Fsp3) is 0.400. The van der Waals surface area contributed by atoms with Crippen molar-refractivity contribution in [3.8, 4) is 0 Å². The van der Waals surface area contributed by atoms with Gasteiger partial charge in [0.05, 0.1) is 6.04 Å². The highest BCUT2D eigenvalue weighted by Crippen LogP contribution is 2.32. The fourth-order valence-corrected chi connectivity index (χ4v) is 2.92.